The minimum Gasteiger partial charge on any atom is -0.409 e. The van der Waals surface area contributed by atoms with Gasteiger partial charge in [0, 0.05) is 0 Å². The van der Waals surface area contributed by atoms with Crippen LogP contribution in [0.3, 0.4) is 0 Å². The molecule has 1 unspecified atom stereocenters. The van der Waals surface area contributed by atoms with Crippen molar-refractivity contribution in [3.63, 3.8) is 0 Å². The van der Waals surface area contributed by atoms with Crippen LogP contribution in [0, 0.1) is 0 Å². The van der Waals surface area contributed by atoms with E-state index >= 15 is 0 Å². The molecule has 0 aromatic heterocycles. The minimum atomic E-state index is 0.547. The second-order valence-corrected chi connectivity index (χ2v) is 9.99. The van der Waals surface area contributed by atoms with E-state index in [4.69, 9.17) is 11.5 Å². The Labute approximate surface area is 230 Å². The molecule has 2 nitrogen and oxygen atoms in total. The van der Waals surface area contributed by atoms with Crippen LogP contribution in [0.4, 0.5) is 0 Å². The zero-order chi connectivity index (χ0) is 26.6. The molecule has 0 amide bonds. The summed E-state index contributed by atoms with van der Waals surface area (Å²) < 4.78 is 0. The molecule has 4 heteroatoms. The molecule has 0 spiro atoms. The molecule has 0 heterocycles. The number of hydrogen-bond donors (Lipinski definition) is 2. The monoisotopic (exact) mass is 496 g/mol. The van der Waals surface area contributed by atoms with E-state index in [9.17, 15) is 0 Å². The molecule has 0 aliphatic rings. The molecule has 0 aliphatic heterocycles. The van der Waals surface area contributed by atoms with Crippen molar-refractivity contribution in [3.05, 3.63) is 155 Å². The Bertz CT molecular complexity index is 1240. The van der Waals surface area contributed by atoms with Crippen molar-refractivity contribution in [1.82, 2.24) is 0 Å². The average molecular weight is 496 g/mol. The summed E-state index contributed by atoms with van der Waals surface area (Å²) in [6, 6.07) is 42.1. The van der Waals surface area contributed by atoms with Gasteiger partial charge in [0.1, 0.15) is 0 Å². The van der Waals surface area contributed by atoms with Gasteiger partial charge in [0.15, 0.2) is 14.6 Å². The van der Waals surface area contributed by atoms with E-state index in [2.05, 4.69) is 116 Å². The van der Waals surface area contributed by atoms with Crippen molar-refractivity contribution in [3.8, 4) is 0 Å². The first-order valence-electron chi connectivity index (χ1n) is 13.9. The fourth-order valence-corrected chi connectivity index (χ4v) is 5.23. The Morgan fingerprint density at radius 3 is 1.32 bits per heavy atom. The number of nitrogens with two attached hydrogens (primary N) is 2. The summed E-state index contributed by atoms with van der Waals surface area (Å²) in [5.41, 5.74) is 22.5. The summed E-state index contributed by atoms with van der Waals surface area (Å²) in [6.07, 6.45) is 4.46. The van der Waals surface area contributed by atoms with Gasteiger partial charge in [0.2, 0.25) is 0 Å². The largest absolute Gasteiger partial charge is 0.409 e. The highest BCUT2D eigenvalue weighted by atomic mass is 14.5. The molecular weight excluding hydrogens is 458 g/mol. The molecule has 0 bridgehead atoms. The summed E-state index contributed by atoms with van der Waals surface area (Å²) in [6.45, 7) is 2.28. The van der Waals surface area contributed by atoms with Crippen LogP contribution >= 0.6 is 0 Å². The van der Waals surface area contributed by atoms with Gasteiger partial charge in [-0.15, -0.1) is 0 Å². The zero-order valence-electron chi connectivity index (χ0n) is 22.5. The van der Waals surface area contributed by atoms with Crippen LogP contribution in [0.25, 0.3) is 11.1 Å². The third-order valence-electron chi connectivity index (χ3n) is 7.29. The molecule has 0 aliphatic carbocycles. The normalized spacial score (nSPS) is 11.3. The number of benzene rings is 4. The van der Waals surface area contributed by atoms with Gasteiger partial charge in [-0.2, -0.15) is 0 Å². The fourth-order valence-electron chi connectivity index (χ4n) is 5.23. The molecule has 0 saturated heterocycles. The maximum absolute atomic E-state index is 6.83. The van der Waals surface area contributed by atoms with Gasteiger partial charge in [-0.25, -0.2) is 0 Å². The number of rotatable bonds is 12. The van der Waals surface area contributed by atoms with Crippen molar-refractivity contribution >= 4 is 25.7 Å². The summed E-state index contributed by atoms with van der Waals surface area (Å²) in [4.78, 5) is 0. The highest BCUT2D eigenvalue weighted by Crippen LogP contribution is 2.29. The second-order valence-electron chi connectivity index (χ2n) is 9.99. The van der Waals surface area contributed by atoms with E-state index < -0.39 is 0 Å². The Kier molecular flexibility index (Phi) is 10.1. The Morgan fingerprint density at radius 1 is 0.579 bits per heavy atom. The molecule has 1 atom stereocenters. The molecule has 0 fully saturated rings. The standard InChI is InChI=1S/C34H38B2N2/c1-2-30(36-34(38)32(28-20-11-5-12-21-28)29-22-13-6-14-23-29)24-15-25-35-33(37)31(26-16-7-3-8-17-26)27-18-9-4-10-19-27/h3-14,16-23,30,35-36H,2,15,24-25,37-38H2,1H3. The lowest BCUT2D eigenvalue weighted by Gasteiger charge is -2.18. The summed E-state index contributed by atoms with van der Waals surface area (Å²) in [7, 11) is 1.79. The molecule has 190 valence electrons. The van der Waals surface area contributed by atoms with E-state index in [0.717, 1.165) is 62.5 Å². The van der Waals surface area contributed by atoms with E-state index in [0.29, 0.717) is 5.82 Å². The Morgan fingerprint density at radius 2 is 0.947 bits per heavy atom. The quantitative estimate of drug-likeness (QED) is 0.164. The molecule has 4 aromatic rings. The van der Waals surface area contributed by atoms with Gasteiger partial charge in [-0.05, 0) is 44.6 Å². The van der Waals surface area contributed by atoms with E-state index in [-0.39, 0.29) is 0 Å². The summed E-state index contributed by atoms with van der Waals surface area (Å²) >= 11 is 0. The van der Waals surface area contributed by atoms with Crippen molar-refractivity contribution < 1.29 is 0 Å². The molecule has 4 aromatic carbocycles. The molecule has 4 N–H and O–H groups in total. The van der Waals surface area contributed by atoms with E-state index in [1.54, 1.807) is 0 Å². The molecular formula is C34H38B2N2. The Hall–Kier alpha value is -3.91. The predicted molar refractivity (Wildman–Crippen MR) is 169 cm³/mol. The van der Waals surface area contributed by atoms with Crippen molar-refractivity contribution in [2.24, 2.45) is 11.5 Å². The van der Waals surface area contributed by atoms with Gasteiger partial charge in [0.25, 0.3) is 0 Å². The van der Waals surface area contributed by atoms with E-state index in [1.165, 1.54) is 22.3 Å². The average Bonchev–Trinajstić information content (AvgIpc) is 2.97. The maximum Gasteiger partial charge on any atom is 0.182 e. The van der Waals surface area contributed by atoms with Crippen LogP contribution < -0.4 is 11.5 Å². The topological polar surface area (TPSA) is 52.0 Å². The molecule has 0 radical (unpaired) electrons. The summed E-state index contributed by atoms with van der Waals surface area (Å²) in [5, 5.41) is 0. The first-order chi connectivity index (χ1) is 18.7. The lowest BCUT2D eigenvalue weighted by atomic mass is 9.56. The lowest BCUT2D eigenvalue weighted by Crippen LogP contribution is -2.16. The lowest BCUT2D eigenvalue weighted by molar-refractivity contribution is 0.692. The molecule has 38 heavy (non-hydrogen) atoms. The van der Waals surface area contributed by atoms with Gasteiger partial charge < -0.3 is 11.5 Å². The van der Waals surface area contributed by atoms with Crippen molar-refractivity contribution in [2.45, 2.75) is 38.3 Å². The Balaban J connectivity index is 1.44. The first kappa shape index (κ1) is 27.1. The van der Waals surface area contributed by atoms with Gasteiger partial charge in [-0.3, -0.25) is 0 Å². The van der Waals surface area contributed by atoms with Crippen molar-refractivity contribution in [2.75, 3.05) is 0 Å². The van der Waals surface area contributed by atoms with Gasteiger partial charge in [-0.1, -0.05) is 160 Å². The fraction of sp³-hybridized carbons (Fsp3) is 0.176. The van der Waals surface area contributed by atoms with Crippen LogP contribution in [0.1, 0.15) is 48.4 Å². The third-order valence-corrected chi connectivity index (χ3v) is 7.29. The second kappa shape index (κ2) is 14.1. The van der Waals surface area contributed by atoms with Crippen LogP contribution in [0.5, 0.6) is 0 Å². The third kappa shape index (κ3) is 7.32. The van der Waals surface area contributed by atoms with Crippen LogP contribution in [-0.2, 0) is 0 Å². The minimum absolute atomic E-state index is 0.547. The molecule has 4 rings (SSSR count). The smallest absolute Gasteiger partial charge is 0.182 e. The predicted octanol–water partition coefficient (Wildman–Crippen LogP) is 7.01. The highest BCUT2D eigenvalue weighted by Gasteiger charge is 2.16. The maximum atomic E-state index is 6.83. The van der Waals surface area contributed by atoms with E-state index in [1.807, 2.05) is 12.1 Å². The van der Waals surface area contributed by atoms with Crippen LogP contribution in [-0.4, -0.2) is 14.6 Å². The number of hydrogen-bond acceptors (Lipinski definition) is 2. The van der Waals surface area contributed by atoms with Crippen LogP contribution in [0.2, 0.25) is 12.1 Å². The van der Waals surface area contributed by atoms with Gasteiger partial charge in [0.05, 0.1) is 0 Å². The SMILES string of the molecule is CCC(BC(N)=C(c1ccccc1)c1ccccc1)CCCBC(N)=C(c1ccccc1)c1ccccc1. The molecule has 0 saturated carbocycles. The summed E-state index contributed by atoms with van der Waals surface area (Å²) in [5.74, 6) is 0.547. The van der Waals surface area contributed by atoms with Crippen LogP contribution in [0.15, 0.2) is 133 Å². The zero-order valence-corrected chi connectivity index (χ0v) is 22.5. The van der Waals surface area contributed by atoms with Crippen molar-refractivity contribution in [1.29, 1.82) is 0 Å². The van der Waals surface area contributed by atoms with Gasteiger partial charge >= 0.3 is 0 Å². The first-order valence-corrected chi connectivity index (χ1v) is 13.9. The highest BCUT2D eigenvalue weighted by molar-refractivity contribution is 6.49.